The van der Waals surface area contributed by atoms with Crippen molar-refractivity contribution >= 4 is 5.91 Å². The van der Waals surface area contributed by atoms with Crippen molar-refractivity contribution in [2.45, 2.75) is 50.7 Å². The molecule has 0 spiro atoms. The Bertz CT molecular complexity index is 802. The van der Waals surface area contributed by atoms with Gasteiger partial charge in [0.2, 0.25) is 11.8 Å². The zero-order valence-electron chi connectivity index (χ0n) is 15.2. The highest BCUT2D eigenvalue weighted by atomic mass is 19.1. The highest BCUT2D eigenvalue weighted by molar-refractivity contribution is 5.76. The molecule has 2 bridgehead atoms. The van der Waals surface area contributed by atoms with Crippen LogP contribution in [-0.2, 0) is 11.3 Å². The summed E-state index contributed by atoms with van der Waals surface area (Å²) >= 11 is 0. The van der Waals surface area contributed by atoms with Gasteiger partial charge in [0.1, 0.15) is 11.6 Å². The molecular formula is C21H24FN3O2. The van der Waals surface area contributed by atoms with Crippen molar-refractivity contribution in [1.82, 2.24) is 15.6 Å². The second kappa shape index (κ2) is 8.05. The number of hydrogen-bond donors (Lipinski definition) is 2. The second-order valence-corrected chi connectivity index (χ2v) is 7.48. The third-order valence-electron chi connectivity index (χ3n) is 5.38. The summed E-state index contributed by atoms with van der Waals surface area (Å²) in [5.74, 6) is 0.909. The van der Waals surface area contributed by atoms with Gasteiger partial charge >= 0.3 is 0 Å². The van der Waals surface area contributed by atoms with E-state index in [4.69, 9.17) is 4.74 Å². The molecule has 2 aliphatic heterocycles. The SMILES string of the molecule is O=C(CC1CC2CCC(C1)N2)NCc1cccnc1Oc1cccc(F)c1. The Balaban J connectivity index is 1.33. The van der Waals surface area contributed by atoms with Gasteiger partial charge in [0, 0.05) is 42.9 Å². The van der Waals surface area contributed by atoms with Crippen molar-refractivity contribution < 1.29 is 13.9 Å². The first kappa shape index (κ1) is 17.9. The molecule has 0 aliphatic carbocycles. The van der Waals surface area contributed by atoms with Crippen LogP contribution < -0.4 is 15.4 Å². The minimum Gasteiger partial charge on any atom is -0.439 e. The van der Waals surface area contributed by atoms with Crippen LogP contribution in [0.25, 0.3) is 0 Å². The molecule has 2 aromatic rings. The first-order chi connectivity index (χ1) is 13.2. The van der Waals surface area contributed by atoms with Crippen molar-refractivity contribution in [3.8, 4) is 11.6 Å². The van der Waals surface area contributed by atoms with Crippen LogP contribution in [0.4, 0.5) is 4.39 Å². The van der Waals surface area contributed by atoms with Gasteiger partial charge in [-0.25, -0.2) is 9.37 Å². The van der Waals surface area contributed by atoms with E-state index < -0.39 is 0 Å². The molecule has 142 valence electrons. The minimum absolute atomic E-state index is 0.0573. The van der Waals surface area contributed by atoms with Gasteiger partial charge in [0.25, 0.3) is 0 Å². The number of nitrogens with zero attached hydrogens (tertiary/aromatic N) is 1. The van der Waals surface area contributed by atoms with Crippen molar-refractivity contribution in [3.63, 3.8) is 0 Å². The molecule has 1 amide bonds. The number of rotatable bonds is 6. The Morgan fingerprint density at radius 2 is 2.04 bits per heavy atom. The molecule has 27 heavy (non-hydrogen) atoms. The number of benzene rings is 1. The Morgan fingerprint density at radius 3 is 2.81 bits per heavy atom. The lowest BCUT2D eigenvalue weighted by Gasteiger charge is -2.28. The minimum atomic E-state index is -0.366. The van der Waals surface area contributed by atoms with E-state index in [9.17, 15) is 9.18 Å². The first-order valence-corrected chi connectivity index (χ1v) is 9.56. The van der Waals surface area contributed by atoms with Crippen molar-refractivity contribution in [2.24, 2.45) is 5.92 Å². The number of piperidine rings is 1. The molecule has 2 fully saturated rings. The summed E-state index contributed by atoms with van der Waals surface area (Å²) in [6.07, 6.45) is 6.83. The molecule has 2 aliphatic rings. The molecule has 2 saturated heterocycles. The summed E-state index contributed by atoms with van der Waals surface area (Å²) in [5.41, 5.74) is 0.764. The van der Waals surface area contributed by atoms with E-state index in [0.29, 0.717) is 42.6 Å². The molecule has 3 heterocycles. The fraction of sp³-hybridized carbons (Fsp3) is 0.429. The summed E-state index contributed by atoms with van der Waals surface area (Å²) in [6, 6.07) is 10.8. The zero-order chi connectivity index (χ0) is 18.6. The van der Waals surface area contributed by atoms with Crippen LogP contribution in [0.1, 0.15) is 37.7 Å². The largest absolute Gasteiger partial charge is 0.439 e. The van der Waals surface area contributed by atoms with Crippen LogP contribution in [0.3, 0.4) is 0 Å². The summed E-state index contributed by atoms with van der Waals surface area (Å²) in [4.78, 5) is 16.6. The number of fused-ring (bicyclic) bond motifs is 2. The maximum atomic E-state index is 13.3. The number of amides is 1. The summed E-state index contributed by atoms with van der Waals surface area (Å²) < 4.78 is 19.0. The van der Waals surface area contributed by atoms with Gasteiger partial charge < -0.3 is 15.4 Å². The lowest BCUT2D eigenvalue weighted by atomic mass is 9.89. The van der Waals surface area contributed by atoms with E-state index in [1.807, 2.05) is 6.07 Å². The van der Waals surface area contributed by atoms with E-state index in [1.165, 1.54) is 25.0 Å². The van der Waals surface area contributed by atoms with Crippen LogP contribution in [0, 0.1) is 11.7 Å². The summed E-state index contributed by atoms with van der Waals surface area (Å²) in [7, 11) is 0. The average Bonchev–Trinajstić information content (AvgIpc) is 2.99. The Kier molecular flexibility index (Phi) is 5.34. The fourth-order valence-corrected chi connectivity index (χ4v) is 4.16. The smallest absolute Gasteiger partial charge is 0.224 e. The molecule has 2 atom stereocenters. The molecule has 2 N–H and O–H groups in total. The Hall–Kier alpha value is -2.47. The maximum Gasteiger partial charge on any atom is 0.224 e. The number of pyridine rings is 1. The van der Waals surface area contributed by atoms with Gasteiger partial charge in [-0.1, -0.05) is 12.1 Å². The average molecular weight is 369 g/mol. The van der Waals surface area contributed by atoms with Gasteiger partial charge in [-0.15, -0.1) is 0 Å². The van der Waals surface area contributed by atoms with Crippen molar-refractivity contribution in [2.75, 3.05) is 0 Å². The maximum absolute atomic E-state index is 13.3. The van der Waals surface area contributed by atoms with E-state index in [0.717, 1.165) is 18.4 Å². The van der Waals surface area contributed by atoms with Crippen LogP contribution in [0.2, 0.25) is 0 Å². The normalized spacial score (nSPS) is 23.8. The standard InChI is InChI=1S/C21H24FN3O2/c22-16-4-1-5-19(12-16)27-21-15(3-2-8-23-21)13-24-20(26)11-14-9-17-6-7-18(10-14)25-17/h1-5,8,12,14,17-18,25H,6-7,9-11,13H2,(H,24,26). The van der Waals surface area contributed by atoms with Gasteiger partial charge in [0.05, 0.1) is 0 Å². The number of carbonyl (C=O) groups excluding carboxylic acids is 1. The first-order valence-electron chi connectivity index (χ1n) is 9.56. The monoisotopic (exact) mass is 369 g/mol. The number of halogens is 1. The van der Waals surface area contributed by atoms with Gasteiger partial charge in [-0.05, 0) is 49.8 Å². The van der Waals surface area contributed by atoms with Crippen molar-refractivity contribution in [1.29, 1.82) is 0 Å². The summed E-state index contributed by atoms with van der Waals surface area (Å²) in [5, 5.41) is 6.58. The van der Waals surface area contributed by atoms with E-state index in [2.05, 4.69) is 15.6 Å². The number of ether oxygens (including phenoxy) is 1. The quantitative estimate of drug-likeness (QED) is 0.817. The van der Waals surface area contributed by atoms with Gasteiger partial charge in [-0.3, -0.25) is 4.79 Å². The van der Waals surface area contributed by atoms with Gasteiger partial charge in [0.15, 0.2) is 0 Å². The molecule has 1 aromatic carbocycles. The fourth-order valence-electron chi connectivity index (χ4n) is 4.16. The van der Waals surface area contributed by atoms with E-state index >= 15 is 0 Å². The van der Waals surface area contributed by atoms with Crippen LogP contribution >= 0.6 is 0 Å². The molecule has 0 radical (unpaired) electrons. The number of nitrogens with one attached hydrogen (secondary N) is 2. The van der Waals surface area contributed by atoms with E-state index in [-0.39, 0.29) is 11.7 Å². The molecule has 2 unspecified atom stereocenters. The second-order valence-electron chi connectivity index (χ2n) is 7.48. The highest BCUT2D eigenvalue weighted by Crippen LogP contribution is 2.32. The molecule has 6 heteroatoms. The topological polar surface area (TPSA) is 63.2 Å². The van der Waals surface area contributed by atoms with Crippen molar-refractivity contribution in [3.05, 3.63) is 54.0 Å². The Morgan fingerprint density at radius 1 is 1.22 bits per heavy atom. The van der Waals surface area contributed by atoms with E-state index in [1.54, 1.807) is 24.4 Å². The number of carbonyl (C=O) groups is 1. The number of aromatic nitrogens is 1. The van der Waals surface area contributed by atoms with Crippen LogP contribution in [0.5, 0.6) is 11.6 Å². The molecule has 1 aromatic heterocycles. The lowest BCUT2D eigenvalue weighted by Crippen LogP contribution is -2.39. The van der Waals surface area contributed by atoms with Crippen LogP contribution in [-0.4, -0.2) is 23.0 Å². The van der Waals surface area contributed by atoms with Crippen LogP contribution in [0.15, 0.2) is 42.6 Å². The predicted molar refractivity (Wildman–Crippen MR) is 99.8 cm³/mol. The van der Waals surface area contributed by atoms with Gasteiger partial charge in [-0.2, -0.15) is 0 Å². The molecule has 4 rings (SSSR count). The summed E-state index contributed by atoms with van der Waals surface area (Å²) in [6.45, 7) is 0.342. The Labute approximate surface area is 158 Å². The third kappa shape index (κ3) is 4.63. The highest BCUT2D eigenvalue weighted by Gasteiger charge is 2.34. The molecular weight excluding hydrogens is 345 g/mol. The third-order valence-corrected chi connectivity index (χ3v) is 5.38. The predicted octanol–water partition coefficient (Wildman–Crippen LogP) is 3.55. The molecule has 5 nitrogen and oxygen atoms in total. The molecule has 0 saturated carbocycles. The lowest BCUT2D eigenvalue weighted by molar-refractivity contribution is -0.122. The number of hydrogen-bond acceptors (Lipinski definition) is 4. The zero-order valence-corrected chi connectivity index (χ0v) is 15.2.